The molecule has 0 aromatic carbocycles. The second kappa shape index (κ2) is 8.49. The molecule has 1 aromatic rings. The molecule has 9 heteroatoms. The molecule has 0 fully saturated rings. The van der Waals surface area contributed by atoms with Gasteiger partial charge in [-0.3, -0.25) is 10.2 Å². The van der Waals surface area contributed by atoms with E-state index in [-0.39, 0.29) is 18.2 Å². The zero-order valence-corrected chi connectivity index (χ0v) is 19.8. The van der Waals surface area contributed by atoms with Crippen molar-refractivity contribution in [2.45, 2.75) is 58.7 Å². The second-order valence-electron chi connectivity index (χ2n) is 9.00. The predicted octanol–water partition coefficient (Wildman–Crippen LogP) is 4.63. The van der Waals surface area contributed by atoms with Gasteiger partial charge in [0.15, 0.2) is 5.13 Å². The average molecular weight is 432 g/mol. The van der Waals surface area contributed by atoms with Gasteiger partial charge in [0, 0.05) is 18.2 Å². The molecular formula is C19H33N3O4S2. The molecule has 0 bridgehead atoms. The van der Waals surface area contributed by atoms with E-state index < -0.39 is 21.7 Å². The lowest BCUT2D eigenvalue weighted by Gasteiger charge is -2.37. The molecule has 2 atom stereocenters. The molecule has 160 valence electrons. The monoisotopic (exact) mass is 431 g/mol. The molecule has 7 nitrogen and oxygen atoms in total. The molecule has 1 N–H and O–H groups in total. The number of hydrogen-bond acceptors (Lipinski definition) is 6. The molecule has 0 aliphatic carbocycles. The smallest absolute Gasteiger partial charge is 0.413 e. The van der Waals surface area contributed by atoms with Crippen LogP contribution in [0.4, 0.5) is 14.7 Å². The number of fused-ring (bicyclic) bond motifs is 1. The lowest BCUT2D eigenvalue weighted by molar-refractivity contribution is 0.0635. The van der Waals surface area contributed by atoms with Crippen LogP contribution >= 0.6 is 21.4 Å². The van der Waals surface area contributed by atoms with Crippen LogP contribution in [-0.2, 0) is 15.9 Å². The van der Waals surface area contributed by atoms with E-state index in [1.54, 1.807) is 4.90 Å². The highest BCUT2D eigenvalue weighted by Gasteiger charge is 2.36. The molecule has 2 heterocycles. The van der Waals surface area contributed by atoms with Gasteiger partial charge in [0.1, 0.15) is 12.2 Å². The van der Waals surface area contributed by atoms with Crippen molar-refractivity contribution >= 4 is 38.7 Å². The van der Waals surface area contributed by atoms with Gasteiger partial charge in [-0.1, -0.05) is 11.3 Å². The Bertz CT molecular complexity index is 722. The highest BCUT2D eigenvalue weighted by atomic mass is 32.3. The Kier molecular flexibility index (Phi) is 6.91. The Hall–Kier alpha value is -1.48. The van der Waals surface area contributed by atoms with Gasteiger partial charge in [0.25, 0.3) is 0 Å². The molecule has 0 unspecified atom stereocenters. The van der Waals surface area contributed by atoms with Gasteiger partial charge >= 0.3 is 12.2 Å². The van der Waals surface area contributed by atoms with Gasteiger partial charge in [-0.05, 0) is 53.4 Å². The Morgan fingerprint density at radius 3 is 2.50 bits per heavy atom. The van der Waals surface area contributed by atoms with Gasteiger partial charge in [-0.15, -0.1) is 0 Å². The molecule has 1 aliphatic heterocycles. The van der Waals surface area contributed by atoms with E-state index in [1.807, 2.05) is 34.6 Å². The van der Waals surface area contributed by atoms with E-state index in [0.717, 1.165) is 16.3 Å². The van der Waals surface area contributed by atoms with Gasteiger partial charge in [-0.2, -0.15) is 0 Å². The lowest BCUT2D eigenvalue weighted by Crippen LogP contribution is -2.45. The minimum atomic E-state index is -0.703. The first-order valence-corrected chi connectivity index (χ1v) is 13.2. The molecule has 0 radical (unpaired) electrons. The first kappa shape index (κ1) is 22.8. The SMILES string of the molecule is C[C@@H]1Cc2nc(NC(=O)OC(C)(C)C)sc2[C@H](C)N1C(=O)OCCS(C)(C)C. The topological polar surface area (TPSA) is 80.8 Å². The van der Waals surface area contributed by atoms with E-state index in [1.165, 1.54) is 11.3 Å². The summed E-state index contributed by atoms with van der Waals surface area (Å²) in [4.78, 5) is 32.0. The number of rotatable bonds is 4. The molecule has 2 rings (SSSR count). The van der Waals surface area contributed by atoms with Crippen molar-refractivity contribution in [3.63, 3.8) is 0 Å². The van der Waals surface area contributed by atoms with E-state index in [4.69, 9.17) is 9.47 Å². The van der Waals surface area contributed by atoms with Crippen molar-refractivity contribution < 1.29 is 19.1 Å². The lowest BCUT2D eigenvalue weighted by atomic mass is 10.0. The van der Waals surface area contributed by atoms with Crippen LogP contribution in [0.1, 0.15) is 51.2 Å². The summed E-state index contributed by atoms with van der Waals surface area (Å²) in [6.07, 6.45) is 6.43. The van der Waals surface area contributed by atoms with Crippen LogP contribution in [0.25, 0.3) is 0 Å². The number of amides is 2. The third kappa shape index (κ3) is 6.27. The molecule has 1 aliphatic rings. The summed E-state index contributed by atoms with van der Waals surface area (Å²) < 4.78 is 10.8. The van der Waals surface area contributed by atoms with Crippen LogP contribution in [-0.4, -0.2) is 64.8 Å². The fourth-order valence-electron chi connectivity index (χ4n) is 2.96. The Morgan fingerprint density at radius 2 is 1.93 bits per heavy atom. The van der Waals surface area contributed by atoms with Crippen LogP contribution in [0, 0.1) is 0 Å². The van der Waals surface area contributed by atoms with E-state index >= 15 is 0 Å². The number of carbonyl (C=O) groups excluding carboxylic acids is 2. The zero-order valence-electron chi connectivity index (χ0n) is 18.1. The van der Waals surface area contributed by atoms with Gasteiger partial charge in [0.05, 0.1) is 16.6 Å². The van der Waals surface area contributed by atoms with Crippen LogP contribution < -0.4 is 5.32 Å². The minimum absolute atomic E-state index is 0.0199. The molecule has 0 spiro atoms. The summed E-state index contributed by atoms with van der Waals surface area (Å²) in [6.45, 7) is 9.85. The van der Waals surface area contributed by atoms with Gasteiger partial charge < -0.3 is 9.47 Å². The fourth-order valence-corrected chi connectivity index (χ4v) is 4.57. The third-order valence-corrected chi connectivity index (χ3v) is 6.80. The number of nitrogens with zero attached hydrogens (tertiary/aromatic N) is 2. The molecule has 1 aromatic heterocycles. The number of ether oxygens (including phenoxy) is 2. The van der Waals surface area contributed by atoms with Gasteiger partial charge in [-0.25, -0.2) is 24.6 Å². The first-order valence-electron chi connectivity index (χ1n) is 9.37. The second-order valence-corrected chi connectivity index (χ2v) is 14.6. The fraction of sp³-hybridized carbons (Fsp3) is 0.737. The summed E-state index contributed by atoms with van der Waals surface area (Å²) in [6, 6.07) is -0.173. The quantitative estimate of drug-likeness (QED) is 0.752. The van der Waals surface area contributed by atoms with Crippen molar-refractivity contribution in [2.75, 3.05) is 36.4 Å². The highest BCUT2D eigenvalue weighted by Crippen LogP contribution is 2.39. The predicted molar refractivity (Wildman–Crippen MR) is 117 cm³/mol. The Labute approximate surface area is 173 Å². The van der Waals surface area contributed by atoms with Crippen LogP contribution in [0.15, 0.2) is 0 Å². The molecule has 28 heavy (non-hydrogen) atoms. The summed E-state index contributed by atoms with van der Waals surface area (Å²) in [5, 5.41) is 3.19. The van der Waals surface area contributed by atoms with Crippen LogP contribution in [0.2, 0.25) is 0 Å². The maximum Gasteiger partial charge on any atom is 0.413 e. The number of anilines is 1. The van der Waals surface area contributed by atoms with E-state index in [9.17, 15) is 9.59 Å². The van der Waals surface area contributed by atoms with Crippen molar-refractivity contribution in [3.8, 4) is 0 Å². The zero-order chi connectivity index (χ0) is 21.3. The number of nitrogens with one attached hydrogen (secondary N) is 1. The van der Waals surface area contributed by atoms with E-state index in [2.05, 4.69) is 29.1 Å². The van der Waals surface area contributed by atoms with E-state index in [0.29, 0.717) is 18.2 Å². The number of hydrogen-bond donors (Lipinski definition) is 1. The van der Waals surface area contributed by atoms with Crippen molar-refractivity contribution in [3.05, 3.63) is 10.6 Å². The Balaban J connectivity index is 2.06. The Morgan fingerprint density at radius 1 is 1.29 bits per heavy atom. The van der Waals surface area contributed by atoms with Crippen molar-refractivity contribution in [2.24, 2.45) is 0 Å². The molecule has 0 saturated carbocycles. The summed E-state index contributed by atoms with van der Waals surface area (Å²) in [7, 11) is -0.703. The summed E-state index contributed by atoms with van der Waals surface area (Å²) >= 11 is 1.38. The maximum absolute atomic E-state index is 12.7. The first-order chi connectivity index (χ1) is 12.8. The normalized spacial score (nSPS) is 20.4. The maximum atomic E-state index is 12.7. The number of thiazole rings is 1. The number of carbonyl (C=O) groups is 2. The van der Waals surface area contributed by atoms with Crippen LogP contribution in [0.5, 0.6) is 0 Å². The molecule has 2 amide bonds. The molecule has 0 saturated heterocycles. The average Bonchev–Trinajstić information content (AvgIpc) is 2.86. The van der Waals surface area contributed by atoms with Gasteiger partial charge in [0.2, 0.25) is 0 Å². The highest BCUT2D eigenvalue weighted by molar-refractivity contribution is 8.32. The third-order valence-electron chi connectivity index (χ3n) is 4.23. The largest absolute Gasteiger partial charge is 0.449 e. The molecular weight excluding hydrogens is 398 g/mol. The van der Waals surface area contributed by atoms with Crippen LogP contribution in [0.3, 0.4) is 0 Å². The summed E-state index contributed by atoms with van der Waals surface area (Å²) in [5.74, 6) is 0.894. The van der Waals surface area contributed by atoms with Crippen molar-refractivity contribution in [1.29, 1.82) is 0 Å². The standard InChI is InChI=1S/C19H33N3O4S2/c1-12-11-14-15(27-16(20-14)21-17(23)26-19(3,4)5)13(2)22(12)18(24)25-9-10-28(6,7)8/h12-13H,9-11H2,1-8H3,(H,20,21,23)/t12-,13+/m1/s1. The minimum Gasteiger partial charge on any atom is -0.449 e. The number of aromatic nitrogens is 1. The van der Waals surface area contributed by atoms with Crippen molar-refractivity contribution in [1.82, 2.24) is 9.88 Å². The summed E-state index contributed by atoms with van der Waals surface area (Å²) in [5.41, 5.74) is 0.345.